The molecule has 0 N–H and O–H groups in total. The highest BCUT2D eigenvalue weighted by molar-refractivity contribution is 6.07. The highest BCUT2D eigenvalue weighted by Gasteiger charge is 2.41. The van der Waals surface area contributed by atoms with Crippen molar-refractivity contribution in [1.29, 1.82) is 0 Å². The number of piperidine rings is 1. The molecule has 33 heavy (non-hydrogen) atoms. The van der Waals surface area contributed by atoms with Gasteiger partial charge in [0.2, 0.25) is 0 Å². The van der Waals surface area contributed by atoms with E-state index in [0.29, 0.717) is 78.4 Å². The maximum absolute atomic E-state index is 14.1. The Kier molecular flexibility index (Phi) is 5.64. The zero-order valence-corrected chi connectivity index (χ0v) is 18.6. The van der Waals surface area contributed by atoms with Gasteiger partial charge in [0.25, 0.3) is 5.91 Å². The highest BCUT2D eigenvalue weighted by Crippen LogP contribution is 2.36. The number of hydrogen-bond donors (Lipinski definition) is 0. The predicted octanol–water partition coefficient (Wildman–Crippen LogP) is 4.04. The van der Waals surface area contributed by atoms with Crippen LogP contribution in [0.5, 0.6) is 11.5 Å². The predicted molar refractivity (Wildman–Crippen MR) is 120 cm³/mol. The van der Waals surface area contributed by atoms with Crippen molar-refractivity contribution in [2.45, 2.75) is 18.6 Å². The molecule has 0 radical (unpaired) electrons. The standard InChI is InChI=1S/C25H25FN2O5/c1-30-17-4-5-18(23(14-17)31-2)22-15-20(19-13-16(26)3-6-21(19)27-22)24(29)28-9-7-25(8-10-28)32-11-12-33-25/h3-6,13-15H,7-12H2,1-2H3. The first kappa shape index (κ1) is 21.6. The van der Waals surface area contributed by atoms with Crippen LogP contribution in [0.1, 0.15) is 23.2 Å². The van der Waals surface area contributed by atoms with E-state index in [1.165, 1.54) is 12.1 Å². The van der Waals surface area contributed by atoms with E-state index in [1.807, 2.05) is 12.1 Å². The van der Waals surface area contributed by atoms with Gasteiger partial charge in [-0.05, 0) is 36.4 Å². The first-order chi connectivity index (χ1) is 16.0. The molecule has 2 aliphatic rings. The Labute approximate surface area is 191 Å². The van der Waals surface area contributed by atoms with E-state index in [-0.39, 0.29) is 5.91 Å². The van der Waals surface area contributed by atoms with Gasteiger partial charge in [0, 0.05) is 42.9 Å². The summed E-state index contributed by atoms with van der Waals surface area (Å²) >= 11 is 0. The molecule has 5 rings (SSSR count). The van der Waals surface area contributed by atoms with Crippen molar-refractivity contribution in [3.63, 3.8) is 0 Å². The second kappa shape index (κ2) is 8.61. The number of aromatic nitrogens is 1. The van der Waals surface area contributed by atoms with Gasteiger partial charge in [-0.25, -0.2) is 9.37 Å². The van der Waals surface area contributed by atoms with Gasteiger partial charge in [0.1, 0.15) is 17.3 Å². The van der Waals surface area contributed by atoms with Crippen molar-refractivity contribution in [2.24, 2.45) is 0 Å². The summed E-state index contributed by atoms with van der Waals surface area (Å²) in [4.78, 5) is 20.1. The van der Waals surface area contributed by atoms with Gasteiger partial charge in [-0.3, -0.25) is 4.79 Å². The summed E-state index contributed by atoms with van der Waals surface area (Å²) in [6, 6.07) is 11.4. The SMILES string of the molecule is COc1ccc(-c2cc(C(=O)N3CCC4(CC3)OCCO4)c3cc(F)ccc3n2)c(OC)c1. The lowest BCUT2D eigenvalue weighted by molar-refractivity contribution is -0.181. The van der Waals surface area contributed by atoms with Gasteiger partial charge in [-0.1, -0.05) is 0 Å². The Morgan fingerprint density at radius 2 is 1.79 bits per heavy atom. The summed E-state index contributed by atoms with van der Waals surface area (Å²) in [6.45, 7) is 2.16. The minimum absolute atomic E-state index is 0.172. The van der Waals surface area contributed by atoms with Crippen molar-refractivity contribution in [3.05, 3.63) is 53.8 Å². The lowest BCUT2D eigenvalue weighted by Crippen LogP contribution is -2.47. The lowest BCUT2D eigenvalue weighted by Gasteiger charge is -2.37. The molecular formula is C25H25FN2O5. The quantitative estimate of drug-likeness (QED) is 0.595. The monoisotopic (exact) mass is 452 g/mol. The molecule has 0 aliphatic carbocycles. The largest absolute Gasteiger partial charge is 0.497 e. The molecule has 7 nitrogen and oxygen atoms in total. The number of amides is 1. The third-order valence-electron chi connectivity index (χ3n) is 6.31. The van der Waals surface area contributed by atoms with Crippen LogP contribution in [0.4, 0.5) is 4.39 Å². The van der Waals surface area contributed by atoms with Crippen molar-refractivity contribution < 1.29 is 28.1 Å². The number of likely N-dealkylation sites (tertiary alicyclic amines) is 1. The second-order valence-electron chi connectivity index (χ2n) is 8.18. The molecule has 1 spiro atoms. The van der Waals surface area contributed by atoms with Crippen LogP contribution in [0, 0.1) is 5.82 Å². The molecule has 2 aromatic carbocycles. The van der Waals surface area contributed by atoms with E-state index >= 15 is 0 Å². The molecule has 0 saturated carbocycles. The molecule has 0 unspecified atom stereocenters. The number of methoxy groups -OCH3 is 2. The number of benzene rings is 2. The molecule has 2 aliphatic heterocycles. The van der Waals surface area contributed by atoms with E-state index in [4.69, 9.17) is 23.9 Å². The summed E-state index contributed by atoms with van der Waals surface area (Å²) < 4.78 is 36.5. The summed E-state index contributed by atoms with van der Waals surface area (Å²) in [5, 5.41) is 0.477. The average molecular weight is 452 g/mol. The van der Waals surface area contributed by atoms with E-state index in [9.17, 15) is 9.18 Å². The highest BCUT2D eigenvalue weighted by atomic mass is 19.1. The third kappa shape index (κ3) is 4.00. The zero-order chi connectivity index (χ0) is 23.0. The van der Waals surface area contributed by atoms with E-state index < -0.39 is 11.6 Å². The van der Waals surface area contributed by atoms with Gasteiger partial charge in [0.15, 0.2) is 5.79 Å². The molecule has 3 heterocycles. The number of carbonyl (C=O) groups is 1. The van der Waals surface area contributed by atoms with Crippen LogP contribution in [-0.4, -0.2) is 62.1 Å². The van der Waals surface area contributed by atoms with Gasteiger partial charge in [-0.2, -0.15) is 0 Å². The van der Waals surface area contributed by atoms with E-state index in [0.717, 1.165) is 0 Å². The van der Waals surface area contributed by atoms with Crippen LogP contribution < -0.4 is 9.47 Å². The molecule has 3 aromatic rings. The number of nitrogens with zero attached hydrogens (tertiary/aromatic N) is 2. The smallest absolute Gasteiger partial charge is 0.254 e. The summed E-state index contributed by atoms with van der Waals surface area (Å²) in [5.74, 6) is 0.0451. The number of ether oxygens (including phenoxy) is 4. The van der Waals surface area contributed by atoms with Gasteiger partial charge in [-0.15, -0.1) is 0 Å². The lowest BCUT2D eigenvalue weighted by atomic mass is 9.99. The number of hydrogen-bond acceptors (Lipinski definition) is 6. The Morgan fingerprint density at radius 3 is 2.48 bits per heavy atom. The fourth-order valence-corrected chi connectivity index (χ4v) is 4.53. The Balaban J connectivity index is 1.55. The first-order valence-corrected chi connectivity index (χ1v) is 10.9. The average Bonchev–Trinajstić information content (AvgIpc) is 3.30. The molecule has 172 valence electrons. The van der Waals surface area contributed by atoms with Crippen molar-refractivity contribution in [1.82, 2.24) is 9.88 Å². The molecule has 0 atom stereocenters. The summed E-state index contributed by atoms with van der Waals surface area (Å²) in [6.07, 6.45) is 1.21. The normalized spacial score (nSPS) is 17.5. The summed E-state index contributed by atoms with van der Waals surface area (Å²) in [5.41, 5.74) is 2.21. The summed E-state index contributed by atoms with van der Waals surface area (Å²) in [7, 11) is 3.15. The molecule has 1 amide bonds. The van der Waals surface area contributed by atoms with Crippen LogP contribution in [0.3, 0.4) is 0 Å². The molecular weight excluding hydrogens is 427 g/mol. The van der Waals surface area contributed by atoms with Crippen LogP contribution in [-0.2, 0) is 9.47 Å². The van der Waals surface area contributed by atoms with Gasteiger partial charge < -0.3 is 23.8 Å². The van der Waals surface area contributed by atoms with Crippen molar-refractivity contribution >= 4 is 16.8 Å². The minimum Gasteiger partial charge on any atom is -0.497 e. The second-order valence-corrected chi connectivity index (χ2v) is 8.18. The van der Waals surface area contributed by atoms with E-state index in [2.05, 4.69) is 0 Å². The maximum Gasteiger partial charge on any atom is 0.254 e. The Morgan fingerprint density at radius 1 is 1.03 bits per heavy atom. The first-order valence-electron chi connectivity index (χ1n) is 10.9. The number of pyridine rings is 1. The Bertz CT molecular complexity index is 1200. The Hall–Kier alpha value is -3.23. The topological polar surface area (TPSA) is 70.1 Å². The molecule has 1 aromatic heterocycles. The zero-order valence-electron chi connectivity index (χ0n) is 18.6. The molecule has 8 heteroatoms. The van der Waals surface area contributed by atoms with Crippen molar-refractivity contribution in [2.75, 3.05) is 40.5 Å². The number of rotatable bonds is 4. The number of halogens is 1. The van der Waals surface area contributed by atoms with Crippen LogP contribution in [0.25, 0.3) is 22.2 Å². The maximum atomic E-state index is 14.1. The van der Waals surface area contributed by atoms with Crippen LogP contribution in [0.15, 0.2) is 42.5 Å². The fraction of sp³-hybridized carbons (Fsp3) is 0.360. The molecule has 2 fully saturated rings. The van der Waals surface area contributed by atoms with Crippen molar-refractivity contribution in [3.8, 4) is 22.8 Å². The van der Waals surface area contributed by atoms with Gasteiger partial charge >= 0.3 is 0 Å². The van der Waals surface area contributed by atoms with Gasteiger partial charge in [0.05, 0.1) is 44.2 Å². The number of fused-ring (bicyclic) bond motifs is 1. The fourth-order valence-electron chi connectivity index (χ4n) is 4.53. The minimum atomic E-state index is -0.579. The molecule has 0 bridgehead atoms. The molecule has 2 saturated heterocycles. The van der Waals surface area contributed by atoms with Crippen LogP contribution in [0.2, 0.25) is 0 Å². The van der Waals surface area contributed by atoms with E-state index in [1.54, 1.807) is 37.3 Å². The number of carbonyl (C=O) groups excluding carboxylic acids is 1. The third-order valence-corrected chi connectivity index (χ3v) is 6.31. The van der Waals surface area contributed by atoms with Crippen LogP contribution >= 0.6 is 0 Å².